The van der Waals surface area contributed by atoms with Gasteiger partial charge in [-0.25, -0.2) is 18.5 Å². The minimum Gasteiger partial charge on any atom is -0.372 e. The first-order chi connectivity index (χ1) is 16.6. The smallest absolute Gasteiger partial charge is 0.283 e. The predicted molar refractivity (Wildman–Crippen MR) is 137 cm³/mol. The molecule has 0 bridgehead atoms. The molecular weight excluding hydrogens is 484 g/mol. The van der Waals surface area contributed by atoms with E-state index in [9.17, 15) is 13.2 Å². The SMILES string of the molecule is CC1CN(C(=O)c2nc(-c3ccc4c(ccn4C)c3)c(-c3ccc(S(N)(=O)=O)cc3)s2)CC(C)O1. The fourth-order valence-electron chi connectivity index (χ4n) is 4.51. The number of nitrogens with zero attached hydrogens (tertiary/aromatic N) is 3. The predicted octanol–water partition coefficient (Wildman–Crippen LogP) is 3.87. The van der Waals surface area contributed by atoms with E-state index < -0.39 is 10.0 Å². The van der Waals surface area contributed by atoms with Crippen LogP contribution in [0.25, 0.3) is 32.6 Å². The Morgan fingerprint density at radius 3 is 2.37 bits per heavy atom. The van der Waals surface area contributed by atoms with E-state index in [1.807, 2.05) is 49.9 Å². The average molecular weight is 511 g/mol. The largest absolute Gasteiger partial charge is 0.372 e. The number of hydrogen-bond donors (Lipinski definition) is 1. The summed E-state index contributed by atoms with van der Waals surface area (Å²) in [7, 11) is -1.82. The highest BCUT2D eigenvalue weighted by atomic mass is 32.2. The molecule has 1 saturated heterocycles. The van der Waals surface area contributed by atoms with Gasteiger partial charge in [0.15, 0.2) is 5.01 Å². The van der Waals surface area contributed by atoms with E-state index in [2.05, 4.69) is 6.07 Å². The molecule has 2 aromatic heterocycles. The van der Waals surface area contributed by atoms with E-state index >= 15 is 0 Å². The lowest BCUT2D eigenvalue weighted by Gasteiger charge is -2.34. The molecule has 0 radical (unpaired) electrons. The Labute approximate surface area is 208 Å². The third-order valence-corrected chi connectivity index (χ3v) is 8.14. The highest BCUT2D eigenvalue weighted by Crippen LogP contribution is 2.39. The number of nitrogens with two attached hydrogens (primary N) is 1. The summed E-state index contributed by atoms with van der Waals surface area (Å²) in [5.41, 5.74) is 3.42. The standard InChI is InChI=1S/C25H26N4O4S2/c1-15-13-29(14-16(2)33-15)25(30)24-27-22(19-6-9-21-18(12-19)10-11-28(21)3)23(34-24)17-4-7-20(8-5-17)35(26,31)32/h4-12,15-16H,13-14H2,1-3H3,(H2,26,31,32). The molecule has 1 aliphatic rings. The molecule has 2 N–H and O–H groups in total. The molecule has 8 nitrogen and oxygen atoms in total. The number of benzene rings is 2. The Bertz CT molecular complexity index is 1510. The van der Waals surface area contributed by atoms with Crippen molar-refractivity contribution in [3.05, 3.63) is 59.7 Å². The molecule has 0 aliphatic carbocycles. The van der Waals surface area contributed by atoms with Gasteiger partial charge in [0.2, 0.25) is 10.0 Å². The number of aromatic nitrogens is 2. The molecule has 35 heavy (non-hydrogen) atoms. The van der Waals surface area contributed by atoms with E-state index in [0.29, 0.717) is 23.8 Å². The maximum atomic E-state index is 13.4. The van der Waals surface area contributed by atoms with Crippen LogP contribution in [0.3, 0.4) is 0 Å². The van der Waals surface area contributed by atoms with Crippen molar-refractivity contribution in [1.82, 2.24) is 14.5 Å². The molecule has 2 atom stereocenters. The molecule has 5 rings (SSSR count). The van der Waals surface area contributed by atoms with Crippen molar-refractivity contribution >= 4 is 38.2 Å². The number of aryl methyl sites for hydroxylation is 1. The molecule has 182 valence electrons. The zero-order valence-corrected chi connectivity index (χ0v) is 21.3. The first kappa shape index (κ1) is 23.7. The molecule has 3 heterocycles. The molecule has 1 amide bonds. The fourth-order valence-corrected chi connectivity index (χ4v) is 6.08. The van der Waals surface area contributed by atoms with Crippen molar-refractivity contribution in [3.8, 4) is 21.7 Å². The highest BCUT2D eigenvalue weighted by Gasteiger charge is 2.29. The quantitative estimate of drug-likeness (QED) is 0.449. The fraction of sp³-hybridized carbons (Fsp3) is 0.280. The van der Waals surface area contributed by atoms with Crippen LogP contribution in [-0.2, 0) is 21.8 Å². The Balaban J connectivity index is 1.61. The van der Waals surface area contributed by atoms with Gasteiger partial charge in [0.1, 0.15) is 0 Å². The maximum Gasteiger partial charge on any atom is 0.283 e. The number of hydrogen-bond acceptors (Lipinski definition) is 6. The second-order valence-electron chi connectivity index (χ2n) is 8.93. The number of rotatable bonds is 4. The lowest BCUT2D eigenvalue weighted by Crippen LogP contribution is -2.48. The van der Waals surface area contributed by atoms with Gasteiger partial charge in [-0.3, -0.25) is 4.79 Å². The summed E-state index contributed by atoms with van der Waals surface area (Å²) in [6, 6.07) is 14.5. The summed E-state index contributed by atoms with van der Waals surface area (Å²) in [6.45, 7) is 4.92. The van der Waals surface area contributed by atoms with Crippen LogP contribution in [0.1, 0.15) is 23.6 Å². The van der Waals surface area contributed by atoms with Gasteiger partial charge >= 0.3 is 0 Å². The zero-order chi connectivity index (χ0) is 24.9. The monoisotopic (exact) mass is 510 g/mol. The van der Waals surface area contributed by atoms with E-state index in [4.69, 9.17) is 14.9 Å². The van der Waals surface area contributed by atoms with Crippen LogP contribution in [0, 0.1) is 0 Å². The summed E-state index contributed by atoms with van der Waals surface area (Å²) in [6.07, 6.45) is 1.90. The number of primary sulfonamides is 1. The average Bonchev–Trinajstić information content (AvgIpc) is 3.41. The second kappa shape index (κ2) is 8.87. The van der Waals surface area contributed by atoms with E-state index in [0.717, 1.165) is 26.9 Å². The van der Waals surface area contributed by atoms with Gasteiger partial charge in [0.05, 0.1) is 27.7 Å². The topological polar surface area (TPSA) is 108 Å². The number of fused-ring (bicyclic) bond motifs is 1. The number of carbonyl (C=O) groups is 1. The third kappa shape index (κ3) is 4.62. The van der Waals surface area contributed by atoms with Crippen LogP contribution in [0.5, 0.6) is 0 Å². The normalized spacial score (nSPS) is 18.8. The van der Waals surface area contributed by atoms with Crippen LogP contribution in [-0.4, -0.2) is 54.1 Å². The number of ether oxygens (including phenoxy) is 1. The summed E-state index contributed by atoms with van der Waals surface area (Å²) in [5, 5.41) is 6.73. The first-order valence-corrected chi connectivity index (χ1v) is 13.6. The summed E-state index contributed by atoms with van der Waals surface area (Å²) < 4.78 is 31.3. The summed E-state index contributed by atoms with van der Waals surface area (Å²) in [5.74, 6) is -0.133. The van der Waals surface area contributed by atoms with Crippen LogP contribution >= 0.6 is 11.3 Å². The Kier molecular flexibility index (Phi) is 6.00. The van der Waals surface area contributed by atoms with E-state index in [-0.39, 0.29) is 23.0 Å². The number of sulfonamides is 1. The minimum absolute atomic E-state index is 0.0330. The van der Waals surface area contributed by atoms with Gasteiger partial charge < -0.3 is 14.2 Å². The van der Waals surface area contributed by atoms with Crippen molar-refractivity contribution in [1.29, 1.82) is 0 Å². The molecule has 2 unspecified atom stereocenters. The number of amides is 1. The lowest BCUT2D eigenvalue weighted by atomic mass is 10.1. The number of carbonyl (C=O) groups excluding carboxylic acids is 1. The molecule has 1 aliphatic heterocycles. The summed E-state index contributed by atoms with van der Waals surface area (Å²) >= 11 is 1.31. The van der Waals surface area contributed by atoms with Crippen molar-refractivity contribution in [2.24, 2.45) is 12.2 Å². The molecule has 1 fully saturated rings. The maximum absolute atomic E-state index is 13.4. The van der Waals surface area contributed by atoms with Gasteiger partial charge in [-0.1, -0.05) is 18.2 Å². The van der Waals surface area contributed by atoms with Gasteiger partial charge in [-0.2, -0.15) is 0 Å². The summed E-state index contributed by atoms with van der Waals surface area (Å²) in [4.78, 5) is 20.9. The van der Waals surface area contributed by atoms with Gasteiger partial charge in [-0.05, 0) is 49.7 Å². The number of thiazole rings is 1. The Hall–Kier alpha value is -3.05. The second-order valence-corrected chi connectivity index (χ2v) is 11.5. The minimum atomic E-state index is -3.81. The van der Waals surface area contributed by atoms with Gasteiger partial charge in [0.25, 0.3) is 5.91 Å². The van der Waals surface area contributed by atoms with Gasteiger partial charge in [0, 0.05) is 42.8 Å². The number of morpholine rings is 1. The zero-order valence-electron chi connectivity index (χ0n) is 19.6. The molecule has 0 spiro atoms. The van der Waals surface area contributed by atoms with Crippen molar-refractivity contribution in [2.45, 2.75) is 31.0 Å². The van der Waals surface area contributed by atoms with Crippen LogP contribution in [0.15, 0.2) is 59.6 Å². The lowest BCUT2D eigenvalue weighted by molar-refractivity contribution is -0.0586. The van der Waals surface area contributed by atoms with Crippen LogP contribution in [0.4, 0.5) is 0 Å². The molecule has 2 aromatic carbocycles. The first-order valence-electron chi connectivity index (χ1n) is 11.2. The Morgan fingerprint density at radius 1 is 1.06 bits per heavy atom. The van der Waals surface area contributed by atoms with Crippen LogP contribution in [0.2, 0.25) is 0 Å². The molecule has 10 heteroatoms. The van der Waals surface area contributed by atoms with Crippen molar-refractivity contribution < 1.29 is 17.9 Å². The van der Waals surface area contributed by atoms with Crippen LogP contribution < -0.4 is 5.14 Å². The van der Waals surface area contributed by atoms with Crippen molar-refractivity contribution in [3.63, 3.8) is 0 Å². The van der Waals surface area contributed by atoms with Gasteiger partial charge in [-0.15, -0.1) is 11.3 Å². The molecule has 0 saturated carbocycles. The van der Waals surface area contributed by atoms with Crippen molar-refractivity contribution in [2.75, 3.05) is 13.1 Å². The van der Waals surface area contributed by atoms with E-state index in [1.54, 1.807) is 17.0 Å². The molecular formula is C25H26N4O4S2. The Morgan fingerprint density at radius 2 is 1.71 bits per heavy atom. The van der Waals surface area contributed by atoms with E-state index in [1.165, 1.54) is 23.5 Å². The highest BCUT2D eigenvalue weighted by molar-refractivity contribution is 7.89. The third-order valence-electron chi connectivity index (χ3n) is 6.12. The molecule has 4 aromatic rings.